The first-order valence-electron chi connectivity index (χ1n) is 10.5. The Morgan fingerprint density at radius 2 is 1.88 bits per heavy atom. The second kappa shape index (κ2) is 9.03. The number of benzene rings is 1. The summed E-state index contributed by atoms with van der Waals surface area (Å²) in [6.45, 7) is 8.35. The topological polar surface area (TPSA) is 76.9 Å². The normalized spacial score (nSPS) is 11.9. The van der Waals surface area contributed by atoms with Gasteiger partial charge in [-0.2, -0.15) is 0 Å². The third kappa shape index (κ3) is 4.86. The number of carbonyl (C=O) groups excluding carboxylic acids is 1. The van der Waals surface area contributed by atoms with Crippen molar-refractivity contribution >= 4 is 49.4 Å². The smallest absolute Gasteiger partial charge is 0.272 e. The predicted molar refractivity (Wildman–Crippen MR) is 133 cm³/mol. The number of hydrogen-bond acceptors (Lipinski definition) is 6. The molecule has 166 valence electrons. The van der Waals surface area contributed by atoms with Gasteiger partial charge in [0.15, 0.2) is 5.16 Å². The highest BCUT2D eigenvalue weighted by molar-refractivity contribution is 7.99. The van der Waals surface area contributed by atoms with E-state index in [2.05, 4.69) is 29.4 Å². The first-order valence-corrected chi connectivity index (χ1v) is 12.3. The molecule has 0 saturated carbocycles. The molecule has 0 aliphatic rings. The summed E-state index contributed by atoms with van der Waals surface area (Å²) in [6, 6.07) is 12.0. The van der Waals surface area contributed by atoms with E-state index in [9.17, 15) is 9.59 Å². The minimum Gasteiger partial charge on any atom is -0.351 e. The Hall–Kier alpha value is -2.71. The van der Waals surface area contributed by atoms with E-state index in [-0.39, 0.29) is 22.8 Å². The van der Waals surface area contributed by atoms with Crippen molar-refractivity contribution in [2.24, 2.45) is 0 Å². The summed E-state index contributed by atoms with van der Waals surface area (Å²) in [5, 5.41) is 4.37. The van der Waals surface area contributed by atoms with Crippen LogP contribution in [0.3, 0.4) is 0 Å². The van der Waals surface area contributed by atoms with E-state index in [4.69, 9.17) is 4.98 Å². The van der Waals surface area contributed by atoms with Gasteiger partial charge in [-0.25, -0.2) is 9.97 Å². The Bertz CT molecular complexity index is 1330. The Kier molecular flexibility index (Phi) is 6.35. The average Bonchev–Trinajstić information content (AvgIpc) is 3.13. The molecule has 3 heterocycles. The van der Waals surface area contributed by atoms with Gasteiger partial charge in [-0.05, 0) is 50.5 Å². The third-order valence-corrected chi connectivity index (χ3v) is 7.00. The molecular formula is C24H26N4O2S2. The zero-order chi connectivity index (χ0) is 22.9. The van der Waals surface area contributed by atoms with Crippen LogP contribution in [0.2, 0.25) is 0 Å². The van der Waals surface area contributed by atoms with E-state index in [1.807, 2.05) is 45.0 Å². The zero-order valence-electron chi connectivity index (χ0n) is 18.6. The maximum Gasteiger partial charge on any atom is 0.272 e. The van der Waals surface area contributed by atoms with Crippen LogP contribution in [0.15, 0.2) is 52.5 Å². The fourth-order valence-corrected chi connectivity index (χ4v) is 5.26. The fourth-order valence-electron chi connectivity index (χ4n) is 3.44. The number of thioether (sulfide) groups is 1. The highest BCUT2D eigenvalue weighted by atomic mass is 32.2. The first-order chi connectivity index (χ1) is 15.2. The number of rotatable bonds is 6. The first kappa shape index (κ1) is 22.5. The number of aryl methyl sites for hydroxylation is 1. The number of pyridine rings is 1. The molecule has 0 atom stereocenters. The van der Waals surface area contributed by atoms with Gasteiger partial charge in [0.05, 0.1) is 17.8 Å². The summed E-state index contributed by atoms with van der Waals surface area (Å²) >= 11 is 2.65. The van der Waals surface area contributed by atoms with Gasteiger partial charge in [0.2, 0.25) is 5.91 Å². The summed E-state index contributed by atoms with van der Waals surface area (Å²) < 4.78 is 2.26. The second-order valence-electron chi connectivity index (χ2n) is 8.68. The molecule has 0 aliphatic carbocycles. The molecule has 0 spiro atoms. The largest absolute Gasteiger partial charge is 0.351 e. The van der Waals surface area contributed by atoms with Crippen molar-refractivity contribution in [3.05, 3.63) is 64.1 Å². The van der Waals surface area contributed by atoms with Crippen LogP contribution < -0.4 is 10.9 Å². The van der Waals surface area contributed by atoms with E-state index in [0.29, 0.717) is 21.9 Å². The number of amides is 1. The molecule has 1 N–H and O–H groups in total. The van der Waals surface area contributed by atoms with Gasteiger partial charge in [0.1, 0.15) is 9.53 Å². The van der Waals surface area contributed by atoms with E-state index >= 15 is 0 Å². The lowest BCUT2D eigenvalue weighted by Gasteiger charge is -2.20. The summed E-state index contributed by atoms with van der Waals surface area (Å²) in [6.07, 6.45) is 2.69. The van der Waals surface area contributed by atoms with Crippen molar-refractivity contribution < 1.29 is 4.79 Å². The van der Waals surface area contributed by atoms with Gasteiger partial charge in [-0.1, -0.05) is 43.0 Å². The van der Waals surface area contributed by atoms with Crippen molar-refractivity contribution in [2.75, 3.05) is 5.75 Å². The van der Waals surface area contributed by atoms with Gasteiger partial charge >= 0.3 is 0 Å². The molecular weight excluding hydrogens is 440 g/mol. The van der Waals surface area contributed by atoms with E-state index < -0.39 is 0 Å². The molecule has 4 aromatic rings. The number of hydrogen-bond donors (Lipinski definition) is 1. The number of fused-ring (bicyclic) bond motifs is 3. The highest BCUT2D eigenvalue weighted by Crippen LogP contribution is 2.30. The Labute approximate surface area is 195 Å². The predicted octanol–water partition coefficient (Wildman–Crippen LogP) is 4.62. The number of carbonyl (C=O) groups is 1. The Morgan fingerprint density at radius 3 is 2.56 bits per heavy atom. The van der Waals surface area contributed by atoms with E-state index in [1.165, 1.54) is 28.7 Å². The quantitative estimate of drug-likeness (QED) is 0.331. The molecule has 8 heteroatoms. The summed E-state index contributed by atoms with van der Waals surface area (Å²) in [5.41, 5.74) is 2.50. The maximum atomic E-state index is 13.5. The lowest BCUT2D eigenvalue weighted by molar-refractivity contribution is -0.119. The molecule has 4 rings (SSSR count). The van der Waals surface area contributed by atoms with Gasteiger partial charge in [-0.3, -0.25) is 14.2 Å². The molecule has 0 aliphatic heterocycles. The van der Waals surface area contributed by atoms with Gasteiger partial charge < -0.3 is 5.32 Å². The van der Waals surface area contributed by atoms with Crippen LogP contribution in [-0.2, 0) is 17.8 Å². The van der Waals surface area contributed by atoms with Crippen molar-refractivity contribution in [2.45, 2.75) is 51.4 Å². The van der Waals surface area contributed by atoms with Crippen molar-refractivity contribution in [3.63, 3.8) is 0 Å². The van der Waals surface area contributed by atoms with Crippen LogP contribution in [0, 0.1) is 0 Å². The van der Waals surface area contributed by atoms with E-state index in [1.54, 1.807) is 10.8 Å². The molecule has 0 radical (unpaired) electrons. The standard InChI is InChI=1S/C24H26N4O2S2/c1-5-15-8-10-16(11-9-15)13-28-22(30)20-19(17-7-6-12-25-21(17)32-20)26-23(28)31-14-18(29)27-24(2,3)4/h6-12H,5,13-14H2,1-4H3,(H,27,29). The second-order valence-corrected chi connectivity index (χ2v) is 10.6. The van der Waals surface area contributed by atoms with E-state index in [0.717, 1.165) is 22.2 Å². The Morgan fingerprint density at radius 1 is 1.16 bits per heavy atom. The van der Waals surface area contributed by atoms with Crippen molar-refractivity contribution in [1.29, 1.82) is 0 Å². The zero-order valence-corrected chi connectivity index (χ0v) is 20.3. The van der Waals surface area contributed by atoms with Crippen LogP contribution in [-0.4, -0.2) is 31.7 Å². The van der Waals surface area contributed by atoms with Gasteiger partial charge in [0.25, 0.3) is 5.56 Å². The molecule has 0 saturated heterocycles. The number of aromatic nitrogens is 3. The lowest BCUT2D eigenvalue weighted by Crippen LogP contribution is -2.41. The average molecular weight is 467 g/mol. The van der Waals surface area contributed by atoms with Crippen molar-refractivity contribution in [3.8, 4) is 0 Å². The fraction of sp³-hybridized carbons (Fsp3) is 0.333. The molecule has 1 amide bonds. The van der Waals surface area contributed by atoms with Gasteiger partial charge in [0, 0.05) is 17.1 Å². The minimum atomic E-state index is -0.315. The molecule has 0 unspecified atom stereocenters. The van der Waals surface area contributed by atoms with Gasteiger partial charge in [-0.15, -0.1) is 11.3 Å². The maximum absolute atomic E-state index is 13.5. The monoisotopic (exact) mass is 466 g/mol. The molecule has 32 heavy (non-hydrogen) atoms. The minimum absolute atomic E-state index is 0.0902. The lowest BCUT2D eigenvalue weighted by atomic mass is 10.1. The molecule has 6 nitrogen and oxygen atoms in total. The van der Waals surface area contributed by atoms with Crippen LogP contribution in [0.1, 0.15) is 38.8 Å². The van der Waals surface area contributed by atoms with Crippen LogP contribution in [0.4, 0.5) is 0 Å². The highest BCUT2D eigenvalue weighted by Gasteiger charge is 2.19. The molecule has 0 fully saturated rings. The summed E-state index contributed by atoms with van der Waals surface area (Å²) in [4.78, 5) is 36.0. The van der Waals surface area contributed by atoms with Crippen LogP contribution >= 0.6 is 23.1 Å². The van der Waals surface area contributed by atoms with Crippen LogP contribution in [0.5, 0.6) is 0 Å². The number of nitrogens with one attached hydrogen (secondary N) is 1. The third-order valence-electron chi connectivity index (χ3n) is 4.94. The number of thiophene rings is 1. The van der Waals surface area contributed by atoms with Crippen LogP contribution in [0.25, 0.3) is 20.4 Å². The Balaban J connectivity index is 1.76. The van der Waals surface area contributed by atoms with Crippen molar-refractivity contribution in [1.82, 2.24) is 19.9 Å². The molecule has 1 aromatic carbocycles. The SMILES string of the molecule is CCc1ccc(Cn2c(SCC(=O)NC(C)(C)C)nc3c(sc4ncccc43)c2=O)cc1. The molecule has 3 aromatic heterocycles. The summed E-state index contributed by atoms with van der Waals surface area (Å²) in [7, 11) is 0. The summed E-state index contributed by atoms with van der Waals surface area (Å²) in [5.74, 6) is 0.0946. The molecule has 0 bridgehead atoms. The number of nitrogens with zero attached hydrogens (tertiary/aromatic N) is 3.